The highest BCUT2D eigenvalue weighted by atomic mass is 35.5. The maximum Gasteiger partial charge on any atom is 0.341 e. The van der Waals surface area contributed by atoms with Gasteiger partial charge < -0.3 is 24.2 Å². The van der Waals surface area contributed by atoms with Crippen LogP contribution >= 0.6 is 23.4 Å². The number of carbonyl (C=O) groups is 3. The van der Waals surface area contributed by atoms with Crippen LogP contribution in [0.5, 0.6) is 17.2 Å². The number of fused-ring (bicyclic) bond motifs is 1. The number of hydrogen-bond acceptors (Lipinski definition) is 7. The molecule has 2 heterocycles. The Balaban J connectivity index is 1.34. The van der Waals surface area contributed by atoms with Gasteiger partial charge in [0.2, 0.25) is 12.7 Å². The molecule has 0 saturated carbocycles. The number of ketones is 1. The van der Waals surface area contributed by atoms with Crippen LogP contribution in [-0.2, 0) is 9.59 Å². The summed E-state index contributed by atoms with van der Waals surface area (Å²) in [6.07, 6.45) is 0. The number of anilines is 1. The van der Waals surface area contributed by atoms with Crippen LogP contribution in [0.15, 0.2) is 66.7 Å². The molecule has 0 spiro atoms. The van der Waals surface area contributed by atoms with Crippen molar-refractivity contribution in [1.82, 2.24) is 0 Å². The second-order valence-electron chi connectivity index (χ2n) is 8.10. The fraction of sp³-hybridized carbons (Fsp3) is 0.192. The van der Waals surface area contributed by atoms with Gasteiger partial charge in [-0.1, -0.05) is 23.7 Å². The number of aliphatic carboxylic acids is 1. The molecule has 10 heteroatoms. The molecule has 2 aliphatic rings. The second kappa shape index (κ2) is 10.1. The highest BCUT2D eigenvalue weighted by Gasteiger charge is 2.49. The highest BCUT2D eigenvalue weighted by Crippen LogP contribution is 2.46. The first kappa shape index (κ1) is 24.0. The number of benzene rings is 3. The van der Waals surface area contributed by atoms with Gasteiger partial charge in [0, 0.05) is 16.3 Å². The summed E-state index contributed by atoms with van der Waals surface area (Å²) in [7, 11) is 0. The normalized spacial score (nSPS) is 18.0. The van der Waals surface area contributed by atoms with Crippen LogP contribution in [0.1, 0.15) is 22.0 Å². The molecule has 1 amide bonds. The summed E-state index contributed by atoms with van der Waals surface area (Å²) in [5, 5.41) is 8.90. The zero-order valence-corrected chi connectivity index (χ0v) is 20.3. The van der Waals surface area contributed by atoms with E-state index in [2.05, 4.69) is 0 Å². The first-order valence-corrected chi connectivity index (χ1v) is 12.4. The molecule has 1 saturated heterocycles. The predicted molar refractivity (Wildman–Crippen MR) is 134 cm³/mol. The average Bonchev–Trinajstić information content (AvgIpc) is 3.35. The van der Waals surface area contributed by atoms with E-state index in [-0.39, 0.29) is 30.3 Å². The molecule has 1 fully saturated rings. The monoisotopic (exact) mass is 525 g/mol. The van der Waals surface area contributed by atoms with E-state index in [0.717, 1.165) is 5.56 Å². The molecule has 2 aliphatic heterocycles. The highest BCUT2D eigenvalue weighted by molar-refractivity contribution is 8.01. The molecule has 2 atom stereocenters. The molecule has 36 heavy (non-hydrogen) atoms. The number of thioether (sulfide) groups is 1. The van der Waals surface area contributed by atoms with E-state index < -0.39 is 17.8 Å². The molecule has 184 valence electrons. The Hall–Kier alpha value is -3.69. The van der Waals surface area contributed by atoms with E-state index in [4.69, 9.17) is 30.9 Å². The summed E-state index contributed by atoms with van der Waals surface area (Å²) in [6, 6.07) is 18.6. The molecule has 0 bridgehead atoms. The molecule has 3 aromatic rings. The SMILES string of the molecule is O=C(O)COc1ccc([C@@H]2[C@@H](SCC(=O)c3ccc4c(c3)OCO4)C(=O)N2c2ccc(Cl)cc2)cc1. The Morgan fingerprint density at radius 2 is 1.75 bits per heavy atom. The number of rotatable bonds is 9. The van der Waals surface area contributed by atoms with Crippen LogP contribution in [0.25, 0.3) is 0 Å². The standard InChI is InChI=1S/C26H20ClNO7S/c27-17-4-6-18(7-5-17)28-24(15-1-8-19(9-2-15)33-12-23(30)31)25(26(28)32)36-13-20(29)16-3-10-21-22(11-16)35-14-34-21/h1-11,24-25H,12-14H2,(H,30,31)/t24-,25-/m1/s1. The Morgan fingerprint density at radius 1 is 1.03 bits per heavy atom. The van der Waals surface area contributed by atoms with Crippen molar-refractivity contribution >= 4 is 46.7 Å². The lowest BCUT2D eigenvalue weighted by atomic mass is 9.92. The Labute approximate surface area is 215 Å². The Bertz CT molecular complexity index is 1310. The third-order valence-electron chi connectivity index (χ3n) is 5.82. The van der Waals surface area contributed by atoms with Gasteiger partial charge in [0.15, 0.2) is 23.9 Å². The van der Waals surface area contributed by atoms with Gasteiger partial charge in [-0.25, -0.2) is 4.79 Å². The van der Waals surface area contributed by atoms with Crippen molar-refractivity contribution in [1.29, 1.82) is 0 Å². The molecule has 0 aromatic heterocycles. The van der Waals surface area contributed by atoms with E-state index in [9.17, 15) is 14.4 Å². The first-order chi connectivity index (χ1) is 17.4. The van der Waals surface area contributed by atoms with Crippen molar-refractivity contribution in [3.8, 4) is 17.2 Å². The van der Waals surface area contributed by atoms with Crippen LogP contribution in [0.2, 0.25) is 5.02 Å². The number of halogens is 1. The minimum absolute atomic E-state index is 0.112. The van der Waals surface area contributed by atoms with Crippen molar-refractivity contribution in [2.24, 2.45) is 0 Å². The summed E-state index contributed by atoms with van der Waals surface area (Å²) >= 11 is 7.31. The molecule has 8 nitrogen and oxygen atoms in total. The molecule has 1 N–H and O–H groups in total. The number of hydrogen-bond donors (Lipinski definition) is 1. The topological polar surface area (TPSA) is 102 Å². The van der Waals surface area contributed by atoms with Crippen molar-refractivity contribution in [2.45, 2.75) is 11.3 Å². The average molecular weight is 526 g/mol. The smallest absolute Gasteiger partial charge is 0.341 e. The molecule has 0 aliphatic carbocycles. The largest absolute Gasteiger partial charge is 0.482 e. The molecule has 3 aromatic carbocycles. The maximum atomic E-state index is 13.2. The first-order valence-electron chi connectivity index (χ1n) is 11.0. The molecule has 0 unspecified atom stereocenters. The van der Waals surface area contributed by atoms with Gasteiger partial charge >= 0.3 is 5.97 Å². The predicted octanol–water partition coefficient (Wildman–Crippen LogP) is 4.60. The van der Waals surface area contributed by atoms with Gasteiger partial charge in [-0.3, -0.25) is 9.59 Å². The van der Waals surface area contributed by atoms with Gasteiger partial charge in [-0.15, -0.1) is 11.8 Å². The molecule has 0 radical (unpaired) electrons. The molecular weight excluding hydrogens is 506 g/mol. The fourth-order valence-electron chi connectivity index (χ4n) is 4.06. The van der Waals surface area contributed by atoms with E-state index >= 15 is 0 Å². The number of amides is 1. The summed E-state index contributed by atoms with van der Waals surface area (Å²) < 4.78 is 15.9. The summed E-state index contributed by atoms with van der Waals surface area (Å²) in [5.74, 6) is 0.351. The Kier molecular flexibility index (Phi) is 6.75. The number of carbonyl (C=O) groups excluding carboxylic acids is 2. The zero-order chi connectivity index (χ0) is 25.2. The van der Waals surface area contributed by atoms with Crippen LogP contribution in [0, 0.1) is 0 Å². The Morgan fingerprint density at radius 3 is 2.47 bits per heavy atom. The number of Topliss-reactive ketones (excluding diaryl/α,β-unsaturated/α-hetero) is 1. The van der Waals surface area contributed by atoms with Gasteiger partial charge in [0.25, 0.3) is 0 Å². The summed E-state index contributed by atoms with van der Waals surface area (Å²) in [4.78, 5) is 38.5. The minimum Gasteiger partial charge on any atom is -0.482 e. The van der Waals surface area contributed by atoms with Crippen molar-refractivity contribution in [3.05, 3.63) is 82.9 Å². The van der Waals surface area contributed by atoms with Crippen LogP contribution in [-0.4, -0.2) is 47.2 Å². The van der Waals surface area contributed by atoms with Crippen molar-refractivity contribution in [3.63, 3.8) is 0 Å². The van der Waals surface area contributed by atoms with Crippen molar-refractivity contribution < 1.29 is 33.7 Å². The van der Waals surface area contributed by atoms with Gasteiger partial charge in [-0.05, 0) is 60.2 Å². The van der Waals surface area contributed by atoms with E-state index in [1.807, 2.05) is 0 Å². The zero-order valence-electron chi connectivity index (χ0n) is 18.8. The number of carboxylic acids is 1. The van der Waals surface area contributed by atoms with Crippen molar-refractivity contribution in [2.75, 3.05) is 24.1 Å². The van der Waals surface area contributed by atoms with E-state index in [0.29, 0.717) is 33.5 Å². The third-order valence-corrected chi connectivity index (χ3v) is 7.32. The lowest BCUT2D eigenvalue weighted by Crippen LogP contribution is -2.57. The van der Waals surface area contributed by atoms with Gasteiger partial charge in [-0.2, -0.15) is 0 Å². The van der Waals surface area contributed by atoms with Gasteiger partial charge in [0.1, 0.15) is 11.0 Å². The number of ether oxygens (including phenoxy) is 3. The third kappa shape index (κ3) is 4.84. The lowest BCUT2D eigenvalue weighted by Gasteiger charge is -2.47. The number of β-lactam (4-membered cyclic amide) rings is 1. The van der Waals surface area contributed by atoms with Crippen LogP contribution in [0.3, 0.4) is 0 Å². The number of nitrogens with zero attached hydrogens (tertiary/aromatic N) is 1. The quantitative estimate of drug-likeness (QED) is 0.319. The van der Waals surface area contributed by atoms with E-state index in [1.54, 1.807) is 71.6 Å². The molecular formula is C26H20ClNO7S. The second-order valence-corrected chi connectivity index (χ2v) is 9.67. The van der Waals surface area contributed by atoms with E-state index in [1.165, 1.54) is 11.8 Å². The lowest BCUT2D eigenvalue weighted by molar-refractivity contribution is -0.139. The number of carboxylic acid groups (broad SMARTS) is 1. The fourth-order valence-corrected chi connectivity index (χ4v) is 5.40. The van der Waals surface area contributed by atoms with Crippen LogP contribution < -0.4 is 19.1 Å². The van der Waals surface area contributed by atoms with Crippen LogP contribution in [0.4, 0.5) is 5.69 Å². The maximum absolute atomic E-state index is 13.2. The molecule has 5 rings (SSSR count). The summed E-state index contributed by atoms with van der Waals surface area (Å²) in [5.41, 5.74) is 2.02. The van der Waals surface area contributed by atoms with Gasteiger partial charge in [0.05, 0.1) is 11.8 Å². The minimum atomic E-state index is -1.07. The summed E-state index contributed by atoms with van der Waals surface area (Å²) in [6.45, 7) is -0.320.